The number of aryl methyl sites for hydroxylation is 1. The number of anilines is 1. The van der Waals surface area contributed by atoms with Crippen LogP contribution in [0.5, 0.6) is 0 Å². The van der Waals surface area contributed by atoms with E-state index in [1.807, 2.05) is 31.2 Å². The first-order valence-corrected chi connectivity index (χ1v) is 6.76. The van der Waals surface area contributed by atoms with Crippen LogP contribution in [-0.4, -0.2) is 12.7 Å². The molecule has 2 aromatic carbocycles. The molecule has 3 heteroatoms. The van der Waals surface area contributed by atoms with Gasteiger partial charge in [-0.05, 0) is 43.5 Å². The second-order valence-electron chi connectivity index (χ2n) is 4.66. The maximum absolute atomic E-state index is 11.0. The summed E-state index contributed by atoms with van der Waals surface area (Å²) in [6.45, 7) is 4.15. The highest BCUT2D eigenvalue weighted by atomic mass is 16.5. The normalized spacial score (nSPS) is 10.7. The molecule has 20 heavy (non-hydrogen) atoms. The van der Waals surface area contributed by atoms with Crippen LogP contribution < -0.4 is 5.32 Å². The Labute approximate surface area is 119 Å². The molecule has 0 unspecified atom stereocenters. The number of fused-ring (bicyclic) bond motifs is 1. The number of carbonyl (C=O) groups is 1. The molecule has 0 fully saturated rings. The van der Waals surface area contributed by atoms with Crippen molar-refractivity contribution in [3.05, 3.63) is 65.2 Å². The van der Waals surface area contributed by atoms with Gasteiger partial charge in [-0.3, -0.25) is 5.32 Å². The largest absolute Gasteiger partial charge is 0.450 e. The van der Waals surface area contributed by atoms with Crippen LogP contribution in [-0.2, 0) is 11.2 Å². The van der Waals surface area contributed by atoms with E-state index in [-0.39, 0.29) is 0 Å². The summed E-state index contributed by atoms with van der Waals surface area (Å²) in [5.74, 6) is 0. The van der Waals surface area contributed by atoms with Crippen molar-refractivity contribution in [3.63, 3.8) is 0 Å². The number of hydrogen-bond acceptors (Lipinski definition) is 2. The van der Waals surface area contributed by atoms with Gasteiger partial charge in [-0.2, -0.15) is 0 Å². The molecular weight excluding hydrogens is 250 g/mol. The van der Waals surface area contributed by atoms with Crippen LogP contribution >= 0.6 is 0 Å². The second-order valence-corrected chi connectivity index (χ2v) is 4.66. The van der Waals surface area contributed by atoms with Crippen molar-refractivity contribution in [2.24, 2.45) is 0 Å². The zero-order valence-electron chi connectivity index (χ0n) is 11.8. The van der Waals surface area contributed by atoms with Crippen molar-refractivity contribution in [3.8, 4) is 0 Å². The van der Waals surface area contributed by atoms with Gasteiger partial charge in [0, 0.05) is 5.69 Å². The Hall–Kier alpha value is -2.29. The van der Waals surface area contributed by atoms with Gasteiger partial charge in [-0.1, -0.05) is 42.0 Å². The lowest BCUT2D eigenvalue weighted by Crippen LogP contribution is -2.12. The van der Waals surface area contributed by atoms with Crippen molar-refractivity contribution >= 4 is 11.8 Å². The molecule has 0 bridgehead atoms. The maximum Gasteiger partial charge on any atom is 0.411 e. The molecule has 0 saturated carbocycles. The Morgan fingerprint density at radius 2 is 1.70 bits per heavy atom. The molecule has 1 aliphatic rings. The molecule has 0 radical (unpaired) electrons. The number of nitrogens with one attached hydrogen (secondary N) is 1. The van der Waals surface area contributed by atoms with E-state index in [2.05, 4.69) is 29.6 Å². The SMILES string of the molecule is CCOC(=O)Nc1ccc(C)cc1.c1ccc2c(c1)C2. The molecule has 1 amide bonds. The smallest absolute Gasteiger partial charge is 0.411 e. The van der Waals surface area contributed by atoms with Gasteiger partial charge in [0.05, 0.1) is 6.61 Å². The fraction of sp³-hybridized carbons (Fsp3) is 0.235. The summed E-state index contributed by atoms with van der Waals surface area (Å²) in [7, 11) is 0. The van der Waals surface area contributed by atoms with E-state index >= 15 is 0 Å². The molecule has 0 atom stereocenters. The number of ether oxygens (including phenoxy) is 1. The van der Waals surface area contributed by atoms with E-state index < -0.39 is 6.09 Å². The van der Waals surface area contributed by atoms with Gasteiger partial charge in [-0.25, -0.2) is 4.79 Å². The van der Waals surface area contributed by atoms with Crippen LogP contribution in [0.3, 0.4) is 0 Å². The van der Waals surface area contributed by atoms with Gasteiger partial charge in [0.2, 0.25) is 0 Å². The van der Waals surface area contributed by atoms with Crippen molar-refractivity contribution in [2.75, 3.05) is 11.9 Å². The molecular formula is C17H19NO2. The number of hydrogen-bond donors (Lipinski definition) is 1. The van der Waals surface area contributed by atoms with Crippen LogP contribution in [0.4, 0.5) is 10.5 Å². The van der Waals surface area contributed by atoms with Crippen molar-refractivity contribution < 1.29 is 9.53 Å². The highest BCUT2D eigenvalue weighted by Crippen LogP contribution is 2.25. The predicted octanol–water partition coefficient (Wildman–Crippen LogP) is 4.15. The molecule has 0 aromatic heterocycles. The monoisotopic (exact) mass is 269 g/mol. The van der Waals surface area contributed by atoms with Crippen LogP contribution in [0.1, 0.15) is 23.6 Å². The van der Waals surface area contributed by atoms with E-state index in [1.165, 1.54) is 17.5 Å². The Kier molecular flexibility index (Phi) is 4.77. The van der Waals surface area contributed by atoms with Crippen molar-refractivity contribution in [2.45, 2.75) is 20.3 Å². The molecule has 1 N–H and O–H groups in total. The van der Waals surface area contributed by atoms with Gasteiger partial charge < -0.3 is 4.74 Å². The quantitative estimate of drug-likeness (QED) is 0.758. The lowest BCUT2D eigenvalue weighted by Gasteiger charge is -2.04. The molecule has 0 heterocycles. The van der Waals surface area contributed by atoms with Gasteiger partial charge in [0.15, 0.2) is 0 Å². The van der Waals surface area contributed by atoms with E-state index in [4.69, 9.17) is 4.74 Å². The summed E-state index contributed by atoms with van der Waals surface area (Å²) in [5, 5.41) is 2.61. The summed E-state index contributed by atoms with van der Waals surface area (Å²) in [5.41, 5.74) is 4.98. The highest BCUT2D eigenvalue weighted by Gasteiger charge is 2.12. The minimum Gasteiger partial charge on any atom is -0.450 e. The number of benzene rings is 2. The van der Waals surface area contributed by atoms with Gasteiger partial charge in [-0.15, -0.1) is 0 Å². The minimum absolute atomic E-state index is 0.387. The Balaban J connectivity index is 0.000000173. The van der Waals surface area contributed by atoms with E-state index in [0.717, 1.165) is 11.3 Å². The zero-order chi connectivity index (χ0) is 14.4. The first kappa shape index (κ1) is 14.1. The molecule has 0 spiro atoms. The second kappa shape index (κ2) is 6.75. The summed E-state index contributed by atoms with van der Waals surface area (Å²) < 4.78 is 4.73. The fourth-order valence-electron chi connectivity index (χ4n) is 1.76. The molecule has 1 aliphatic carbocycles. The van der Waals surface area contributed by atoms with Crippen molar-refractivity contribution in [1.29, 1.82) is 0 Å². The van der Waals surface area contributed by atoms with Crippen LogP contribution in [0, 0.1) is 6.92 Å². The third kappa shape index (κ3) is 4.43. The lowest BCUT2D eigenvalue weighted by atomic mass is 10.2. The molecule has 0 saturated heterocycles. The third-order valence-electron chi connectivity index (χ3n) is 2.95. The van der Waals surface area contributed by atoms with E-state index in [1.54, 1.807) is 6.92 Å². The number of amides is 1. The molecule has 3 nitrogen and oxygen atoms in total. The Morgan fingerprint density at radius 1 is 1.10 bits per heavy atom. The number of rotatable bonds is 2. The van der Waals surface area contributed by atoms with Gasteiger partial charge in [0.25, 0.3) is 0 Å². The summed E-state index contributed by atoms with van der Waals surface area (Å²) in [4.78, 5) is 11.0. The topological polar surface area (TPSA) is 38.3 Å². The van der Waals surface area contributed by atoms with Crippen LogP contribution in [0.2, 0.25) is 0 Å². The molecule has 3 rings (SSSR count). The molecule has 0 aliphatic heterocycles. The summed E-state index contributed by atoms with van der Waals surface area (Å²) in [6.07, 6.45) is 0.832. The summed E-state index contributed by atoms with van der Waals surface area (Å²) in [6, 6.07) is 16.1. The first-order chi connectivity index (χ1) is 9.69. The Morgan fingerprint density at radius 3 is 2.20 bits per heavy atom. The summed E-state index contributed by atoms with van der Waals surface area (Å²) >= 11 is 0. The zero-order valence-corrected chi connectivity index (χ0v) is 11.8. The van der Waals surface area contributed by atoms with Crippen LogP contribution in [0.25, 0.3) is 0 Å². The molecule has 2 aromatic rings. The van der Waals surface area contributed by atoms with E-state index in [0.29, 0.717) is 6.61 Å². The first-order valence-electron chi connectivity index (χ1n) is 6.76. The van der Waals surface area contributed by atoms with Crippen LogP contribution in [0.15, 0.2) is 48.5 Å². The average molecular weight is 269 g/mol. The fourth-order valence-corrected chi connectivity index (χ4v) is 1.76. The predicted molar refractivity (Wildman–Crippen MR) is 81.1 cm³/mol. The van der Waals surface area contributed by atoms with Gasteiger partial charge >= 0.3 is 6.09 Å². The highest BCUT2D eigenvalue weighted by molar-refractivity contribution is 5.84. The lowest BCUT2D eigenvalue weighted by molar-refractivity contribution is 0.168. The van der Waals surface area contributed by atoms with E-state index in [9.17, 15) is 4.79 Å². The third-order valence-corrected chi connectivity index (χ3v) is 2.95. The maximum atomic E-state index is 11.0. The standard InChI is InChI=1S/C10H13NO2.C7H6/c1-3-13-10(12)11-9-6-4-8(2)5-7-9;1-2-4-7-5-6(7)3-1/h4-7H,3H2,1-2H3,(H,11,12);1-4H,5H2. The minimum atomic E-state index is -0.411. The number of carbonyl (C=O) groups excluding carboxylic acids is 1. The van der Waals surface area contributed by atoms with Gasteiger partial charge in [0.1, 0.15) is 0 Å². The molecule has 104 valence electrons. The Bertz CT molecular complexity index is 555. The van der Waals surface area contributed by atoms with Crippen molar-refractivity contribution in [1.82, 2.24) is 0 Å². The average Bonchev–Trinajstić information content (AvgIpc) is 3.22.